The second-order valence-electron chi connectivity index (χ2n) is 6.60. The van der Waals surface area contributed by atoms with Crippen LogP contribution >= 0.6 is 24.0 Å². The molecule has 0 spiro atoms. The van der Waals surface area contributed by atoms with Gasteiger partial charge in [0, 0.05) is 36.3 Å². The van der Waals surface area contributed by atoms with Crippen molar-refractivity contribution in [2.75, 3.05) is 23.7 Å². The number of likely N-dealkylation sites (N-methyl/N-ethyl adjacent to an activating group) is 1. The Morgan fingerprint density at radius 1 is 1.19 bits per heavy atom. The average Bonchev–Trinajstić information content (AvgIpc) is 2.98. The van der Waals surface area contributed by atoms with Gasteiger partial charge in [-0.2, -0.15) is 0 Å². The Labute approximate surface area is 214 Å². The van der Waals surface area contributed by atoms with Crippen LogP contribution in [0.3, 0.4) is 0 Å². The molecule has 2 heterocycles. The van der Waals surface area contributed by atoms with E-state index < -0.39 is 10.1 Å². The minimum absolute atomic E-state index is 0. The van der Waals surface area contributed by atoms with Gasteiger partial charge in [0.1, 0.15) is 4.32 Å². The Morgan fingerprint density at radius 2 is 1.90 bits per heavy atom. The minimum atomic E-state index is -4.21. The molecule has 10 heteroatoms. The molecule has 6 nitrogen and oxygen atoms in total. The molecule has 1 amide bonds. The van der Waals surface area contributed by atoms with Crippen LogP contribution in [0.4, 0.5) is 5.69 Å². The predicted molar refractivity (Wildman–Crippen MR) is 125 cm³/mol. The summed E-state index contributed by atoms with van der Waals surface area (Å²) in [5.74, 6) is -0.446. The van der Waals surface area contributed by atoms with Crippen LogP contribution in [0.15, 0.2) is 65.8 Å². The van der Waals surface area contributed by atoms with Gasteiger partial charge in [0.25, 0.3) is 5.91 Å². The number of thiocarbonyl (C=S) groups is 1. The zero-order valence-electron chi connectivity index (χ0n) is 17.4. The van der Waals surface area contributed by atoms with Gasteiger partial charge in [0.05, 0.1) is 15.0 Å². The van der Waals surface area contributed by atoms with Crippen LogP contribution in [0.1, 0.15) is 18.9 Å². The van der Waals surface area contributed by atoms with Crippen LogP contribution in [0.5, 0.6) is 0 Å². The van der Waals surface area contributed by atoms with E-state index in [9.17, 15) is 17.8 Å². The van der Waals surface area contributed by atoms with Crippen LogP contribution in [0.25, 0.3) is 5.57 Å². The third kappa shape index (κ3) is 6.89. The molecule has 1 aromatic rings. The van der Waals surface area contributed by atoms with Crippen molar-refractivity contribution in [1.82, 2.24) is 4.90 Å². The SMILES string of the molecule is CCN1C(=O)/C(=C/C=C/C=C2/C=CN(CCCS(=O)(=O)[O-])c3ccccc32)SC1=S.[Na+]. The van der Waals surface area contributed by atoms with E-state index >= 15 is 0 Å². The van der Waals surface area contributed by atoms with Crippen LogP contribution in [-0.2, 0) is 14.9 Å². The molecule has 0 radical (unpaired) electrons. The van der Waals surface area contributed by atoms with Crippen molar-refractivity contribution in [2.24, 2.45) is 0 Å². The Bertz CT molecular complexity index is 1080. The first-order chi connectivity index (χ1) is 14.3. The number of thioether (sulfide) groups is 1. The van der Waals surface area contributed by atoms with Gasteiger partial charge in [0.2, 0.25) is 0 Å². The van der Waals surface area contributed by atoms with Crippen LogP contribution < -0.4 is 34.5 Å². The Hall–Kier alpha value is -1.20. The Kier molecular flexibility index (Phi) is 9.75. The number of benzene rings is 1. The maximum atomic E-state index is 12.2. The van der Waals surface area contributed by atoms with Gasteiger partial charge in [-0.25, -0.2) is 8.42 Å². The topological polar surface area (TPSA) is 80.8 Å². The number of fused-ring (bicyclic) bond motifs is 1. The Balaban J connectivity index is 0.00000341. The van der Waals surface area contributed by atoms with Crippen LogP contribution in [0, 0.1) is 0 Å². The summed E-state index contributed by atoms with van der Waals surface area (Å²) in [7, 11) is -4.21. The van der Waals surface area contributed by atoms with E-state index in [1.807, 2.05) is 66.6 Å². The maximum absolute atomic E-state index is 12.2. The number of para-hydroxylation sites is 1. The number of rotatable bonds is 7. The smallest absolute Gasteiger partial charge is 0.748 e. The second kappa shape index (κ2) is 11.6. The molecule has 0 N–H and O–H groups in total. The fourth-order valence-corrected chi connectivity index (χ4v) is 4.97. The van der Waals surface area contributed by atoms with Crippen LogP contribution in [-0.4, -0.2) is 46.9 Å². The summed E-state index contributed by atoms with van der Waals surface area (Å²) in [5, 5.41) is 0. The molecule has 0 aliphatic carbocycles. The van der Waals surface area contributed by atoms with Gasteiger partial charge < -0.3 is 9.45 Å². The number of carbonyl (C=O) groups excluding carboxylic acids is 1. The van der Waals surface area contributed by atoms with Gasteiger partial charge in [-0.3, -0.25) is 9.69 Å². The van der Waals surface area contributed by atoms with Gasteiger partial charge in [0.15, 0.2) is 0 Å². The molecular formula is C21H21N2NaO4S3. The maximum Gasteiger partial charge on any atom is 1.00 e. The van der Waals surface area contributed by atoms with E-state index in [4.69, 9.17) is 12.2 Å². The molecule has 31 heavy (non-hydrogen) atoms. The minimum Gasteiger partial charge on any atom is -0.748 e. The van der Waals surface area contributed by atoms with E-state index in [0.29, 0.717) is 22.3 Å². The number of nitrogens with zero attached hydrogens (tertiary/aromatic N) is 2. The van der Waals surface area contributed by atoms with Crippen molar-refractivity contribution < 1.29 is 47.3 Å². The van der Waals surface area contributed by atoms with Crippen molar-refractivity contribution in [2.45, 2.75) is 13.3 Å². The zero-order chi connectivity index (χ0) is 21.7. The molecule has 0 aromatic heterocycles. The third-order valence-corrected chi connectivity index (χ3v) is 6.76. The summed E-state index contributed by atoms with van der Waals surface area (Å²) in [6.45, 7) is 2.90. The fourth-order valence-electron chi connectivity index (χ4n) is 3.15. The molecular weight excluding hydrogens is 463 g/mol. The molecule has 1 aromatic carbocycles. The van der Waals surface area contributed by atoms with E-state index in [1.165, 1.54) is 11.8 Å². The summed E-state index contributed by atoms with van der Waals surface area (Å²) in [4.78, 5) is 16.3. The number of hydrogen-bond acceptors (Lipinski definition) is 7. The standard InChI is InChI=1S/C21H22N2O4S3.Na/c1-2-23-20(24)19(29-21(23)28)11-6-3-8-16-12-14-22(13-7-15-30(25,26)27)18-10-5-4-9-17(16)18;/h3-6,8-12,14H,2,7,13,15H2,1H3,(H,25,26,27);/q;+1/p-1/b6-3+,16-8-,19-11-;. The number of hydrogen-bond donors (Lipinski definition) is 0. The van der Waals surface area contributed by atoms with Gasteiger partial charge >= 0.3 is 29.6 Å². The molecule has 158 valence electrons. The van der Waals surface area contributed by atoms with E-state index in [2.05, 4.69) is 0 Å². The van der Waals surface area contributed by atoms with Gasteiger partial charge in [-0.1, -0.05) is 60.4 Å². The van der Waals surface area contributed by atoms with Crippen molar-refractivity contribution in [3.05, 3.63) is 71.3 Å². The average molecular weight is 485 g/mol. The molecule has 3 rings (SSSR count). The van der Waals surface area contributed by atoms with E-state index in [1.54, 1.807) is 11.0 Å². The molecule has 0 unspecified atom stereocenters. The first-order valence-electron chi connectivity index (χ1n) is 9.40. The van der Waals surface area contributed by atoms with Gasteiger partial charge in [-0.05, 0) is 37.1 Å². The van der Waals surface area contributed by atoms with E-state index in [-0.39, 0.29) is 47.6 Å². The molecule has 0 bridgehead atoms. The van der Waals surface area contributed by atoms with Crippen molar-refractivity contribution in [3.8, 4) is 0 Å². The normalized spacial score (nSPS) is 18.9. The predicted octanol–water partition coefficient (Wildman–Crippen LogP) is 0.663. The summed E-state index contributed by atoms with van der Waals surface area (Å²) in [6, 6.07) is 7.80. The molecule has 0 saturated carbocycles. The summed E-state index contributed by atoms with van der Waals surface area (Å²) < 4.78 is 33.1. The quantitative estimate of drug-likeness (QED) is 0.244. The van der Waals surface area contributed by atoms with Crippen molar-refractivity contribution >= 4 is 55.6 Å². The summed E-state index contributed by atoms with van der Waals surface area (Å²) >= 11 is 6.51. The van der Waals surface area contributed by atoms with Gasteiger partial charge in [-0.15, -0.1) is 0 Å². The molecule has 2 aliphatic heterocycles. The monoisotopic (exact) mass is 484 g/mol. The second-order valence-corrected chi connectivity index (χ2v) is 9.80. The summed E-state index contributed by atoms with van der Waals surface area (Å²) in [5.41, 5.74) is 2.95. The van der Waals surface area contributed by atoms with Crippen molar-refractivity contribution in [1.29, 1.82) is 0 Å². The fraction of sp³-hybridized carbons (Fsp3) is 0.238. The van der Waals surface area contributed by atoms with Crippen LogP contribution in [0.2, 0.25) is 0 Å². The third-order valence-electron chi connectivity index (χ3n) is 4.58. The first-order valence-corrected chi connectivity index (χ1v) is 12.2. The number of anilines is 1. The first kappa shape index (κ1) is 26.1. The Morgan fingerprint density at radius 3 is 2.58 bits per heavy atom. The number of carbonyl (C=O) groups is 1. The van der Waals surface area contributed by atoms with E-state index in [0.717, 1.165) is 16.8 Å². The molecule has 0 atom stereocenters. The zero-order valence-corrected chi connectivity index (χ0v) is 21.8. The molecule has 1 saturated heterocycles. The summed E-state index contributed by atoms with van der Waals surface area (Å²) in [6.07, 6.45) is 11.5. The number of amides is 1. The van der Waals surface area contributed by atoms with Crippen molar-refractivity contribution in [3.63, 3.8) is 0 Å². The molecule has 2 aliphatic rings. The molecule has 1 fully saturated rings. The largest absolute Gasteiger partial charge is 1.00 e. The number of allylic oxidation sites excluding steroid dienone is 6.